The van der Waals surface area contributed by atoms with Gasteiger partial charge in [-0.3, -0.25) is 10.1 Å². The lowest BCUT2D eigenvalue weighted by Gasteiger charge is -2.30. The van der Waals surface area contributed by atoms with Crippen LogP contribution in [-0.2, 0) is 6.54 Å². The molecule has 6 nitrogen and oxygen atoms in total. The van der Waals surface area contributed by atoms with E-state index in [0.29, 0.717) is 30.0 Å². The van der Waals surface area contributed by atoms with E-state index in [1.807, 2.05) is 6.92 Å². The third kappa shape index (κ3) is 2.72. The van der Waals surface area contributed by atoms with E-state index in [1.165, 1.54) is 19.3 Å². The van der Waals surface area contributed by atoms with Gasteiger partial charge in [-0.15, -0.1) is 0 Å². The minimum atomic E-state index is -0.329. The van der Waals surface area contributed by atoms with Crippen LogP contribution in [0.25, 0.3) is 0 Å². The number of nitrogens with one attached hydrogen (secondary N) is 1. The van der Waals surface area contributed by atoms with Crippen molar-refractivity contribution in [3.05, 3.63) is 15.8 Å². The van der Waals surface area contributed by atoms with E-state index in [-0.39, 0.29) is 10.6 Å². The fourth-order valence-electron chi connectivity index (χ4n) is 2.87. The first-order chi connectivity index (χ1) is 9.04. The Bertz CT molecular complexity index is 469. The first-order valence-electron chi connectivity index (χ1n) is 7.03. The van der Waals surface area contributed by atoms with Gasteiger partial charge in [0.2, 0.25) is 5.82 Å². The van der Waals surface area contributed by atoms with Crippen molar-refractivity contribution in [2.24, 2.45) is 5.92 Å². The highest BCUT2D eigenvalue weighted by molar-refractivity contribution is 5.60. The van der Waals surface area contributed by atoms with Crippen molar-refractivity contribution >= 4 is 11.5 Å². The largest absolute Gasteiger partial charge is 0.362 e. The number of nitro groups is 1. The molecule has 1 fully saturated rings. The molecule has 6 heteroatoms. The summed E-state index contributed by atoms with van der Waals surface area (Å²) in [7, 11) is 0. The third-order valence-electron chi connectivity index (χ3n) is 4.01. The summed E-state index contributed by atoms with van der Waals surface area (Å²) in [4.78, 5) is 10.9. The van der Waals surface area contributed by atoms with E-state index in [4.69, 9.17) is 0 Å². The van der Waals surface area contributed by atoms with Crippen molar-refractivity contribution in [1.82, 2.24) is 9.78 Å². The summed E-state index contributed by atoms with van der Waals surface area (Å²) < 4.78 is 1.70. The van der Waals surface area contributed by atoms with Crippen LogP contribution in [0, 0.1) is 23.0 Å². The highest BCUT2D eigenvalue weighted by Gasteiger charge is 2.29. The normalized spacial score (nSPS) is 23.3. The molecule has 0 saturated heterocycles. The standard InChI is InChI=1S/C13H22N4O2/c1-4-16-13(12(17(18)19)10(3)15-16)14-11-8-6-5-7-9(11)2/h9,11,14H,4-8H2,1-3H3. The Morgan fingerprint density at radius 3 is 2.74 bits per heavy atom. The number of hydrogen-bond acceptors (Lipinski definition) is 4. The number of aryl methyl sites for hydroxylation is 2. The van der Waals surface area contributed by atoms with E-state index in [1.54, 1.807) is 11.6 Å². The Morgan fingerprint density at radius 2 is 2.16 bits per heavy atom. The van der Waals surface area contributed by atoms with Gasteiger partial charge in [-0.05, 0) is 32.6 Å². The number of nitrogens with zero attached hydrogens (tertiary/aromatic N) is 3. The summed E-state index contributed by atoms with van der Waals surface area (Å²) in [5.41, 5.74) is 0.609. The molecule has 0 amide bonds. The summed E-state index contributed by atoms with van der Waals surface area (Å²) in [6.45, 7) is 6.49. The minimum Gasteiger partial charge on any atom is -0.362 e. The molecule has 106 valence electrons. The fraction of sp³-hybridized carbons (Fsp3) is 0.769. The molecular weight excluding hydrogens is 244 g/mol. The lowest BCUT2D eigenvalue weighted by molar-refractivity contribution is -0.384. The molecule has 1 aliphatic rings. The second-order valence-corrected chi connectivity index (χ2v) is 5.37. The summed E-state index contributed by atoms with van der Waals surface area (Å²) in [5.74, 6) is 1.12. The maximum Gasteiger partial charge on any atom is 0.333 e. The van der Waals surface area contributed by atoms with Gasteiger partial charge in [-0.1, -0.05) is 19.8 Å². The fourth-order valence-corrected chi connectivity index (χ4v) is 2.87. The van der Waals surface area contributed by atoms with Crippen LogP contribution in [0.5, 0.6) is 0 Å². The molecule has 2 rings (SSSR count). The molecule has 19 heavy (non-hydrogen) atoms. The average molecular weight is 266 g/mol. The van der Waals surface area contributed by atoms with E-state index >= 15 is 0 Å². The van der Waals surface area contributed by atoms with Gasteiger partial charge in [0.15, 0.2) is 0 Å². The second-order valence-electron chi connectivity index (χ2n) is 5.37. The van der Waals surface area contributed by atoms with Crippen LogP contribution < -0.4 is 5.32 Å². The van der Waals surface area contributed by atoms with Crippen LogP contribution in [0.3, 0.4) is 0 Å². The van der Waals surface area contributed by atoms with Gasteiger partial charge in [-0.2, -0.15) is 5.10 Å². The maximum atomic E-state index is 11.2. The molecule has 1 heterocycles. The smallest absolute Gasteiger partial charge is 0.333 e. The molecule has 0 aromatic carbocycles. The summed E-state index contributed by atoms with van der Waals surface area (Å²) in [6.07, 6.45) is 4.71. The van der Waals surface area contributed by atoms with E-state index in [9.17, 15) is 10.1 Å². The molecule has 2 atom stereocenters. The predicted octanol–water partition coefficient (Wildman–Crippen LogP) is 3.11. The molecule has 1 aliphatic carbocycles. The van der Waals surface area contributed by atoms with Crippen LogP contribution in [0.15, 0.2) is 0 Å². The number of aromatic nitrogens is 2. The van der Waals surface area contributed by atoms with Crippen molar-refractivity contribution in [1.29, 1.82) is 0 Å². The first kappa shape index (κ1) is 13.8. The lowest BCUT2D eigenvalue weighted by atomic mass is 9.86. The van der Waals surface area contributed by atoms with Crippen molar-refractivity contribution in [3.63, 3.8) is 0 Å². The summed E-state index contributed by atoms with van der Waals surface area (Å²) in [6, 6.07) is 0.314. The minimum absolute atomic E-state index is 0.125. The molecule has 0 aliphatic heterocycles. The van der Waals surface area contributed by atoms with Crippen molar-refractivity contribution in [3.8, 4) is 0 Å². The third-order valence-corrected chi connectivity index (χ3v) is 4.01. The van der Waals surface area contributed by atoms with Crippen molar-refractivity contribution < 1.29 is 4.92 Å². The van der Waals surface area contributed by atoms with Gasteiger partial charge in [-0.25, -0.2) is 4.68 Å². The SMILES string of the molecule is CCn1nc(C)c([N+](=O)[O-])c1NC1CCCCC1C. The number of rotatable bonds is 4. The van der Waals surface area contributed by atoms with Gasteiger partial charge >= 0.3 is 5.69 Å². The van der Waals surface area contributed by atoms with Crippen molar-refractivity contribution in [2.75, 3.05) is 5.32 Å². The Kier molecular flexibility index (Phi) is 4.07. The number of anilines is 1. The predicted molar refractivity (Wildman–Crippen MR) is 74.3 cm³/mol. The lowest BCUT2D eigenvalue weighted by Crippen LogP contribution is -2.31. The quantitative estimate of drug-likeness (QED) is 0.671. The highest BCUT2D eigenvalue weighted by Crippen LogP contribution is 2.32. The van der Waals surface area contributed by atoms with Gasteiger partial charge in [0, 0.05) is 12.6 Å². The van der Waals surface area contributed by atoms with Gasteiger partial charge in [0.05, 0.1) is 4.92 Å². The average Bonchev–Trinajstić information content (AvgIpc) is 2.68. The molecule has 2 unspecified atom stereocenters. The summed E-state index contributed by atoms with van der Waals surface area (Å²) >= 11 is 0. The van der Waals surface area contributed by atoms with Crippen molar-refractivity contribution in [2.45, 2.75) is 59.0 Å². The highest BCUT2D eigenvalue weighted by atomic mass is 16.6. The van der Waals surface area contributed by atoms with Gasteiger partial charge in [0.1, 0.15) is 5.69 Å². The maximum absolute atomic E-state index is 11.2. The zero-order valence-corrected chi connectivity index (χ0v) is 11.8. The van der Waals surface area contributed by atoms with Gasteiger partial charge in [0.25, 0.3) is 0 Å². The zero-order valence-electron chi connectivity index (χ0n) is 11.8. The first-order valence-corrected chi connectivity index (χ1v) is 7.03. The van der Waals surface area contributed by atoms with E-state index < -0.39 is 0 Å². The molecule has 1 aromatic rings. The topological polar surface area (TPSA) is 73.0 Å². The Balaban J connectivity index is 2.29. The van der Waals surface area contributed by atoms with Gasteiger partial charge < -0.3 is 5.32 Å². The van der Waals surface area contributed by atoms with Crippen LogP contribution >= 0.6 is 0 Å². The zero-order chi connectivity index (χ0) is 14.0. The van der Waals surface area contributed by atoms with E-state index in [2.05, 4.69) is 17.3 Å². The molecular formula is C13H22N4O2. The summed E-state index contributed by atoms with van der Waals surface area (Å²) in [5, 5.41) is 18.8. The monoisotopic (exact) mass is 266 g/mol. The Hall–Kier alpha value is -1.59. The van der Waals surface area contributed by atoms with Crippen LogP contribution in [0.1, 0.15) is 45.2 Å². The van der Waals surface area contributed by atoms with Crippen LogP contribution in [0.2, 0.25) is 0 Å². The molecule has 0 spiro atoms. The number of hydrogen-bond donors (Lipinski definition) is 1. The molecule has 1 aromatic heterocycles. The molecule has 1 N–H and O–H groups in total. The Morgan fingerprint density at radius 1 is 1.47 bits per heavy atom. The Labute approximate surface area is 113 Å². The molecule has 0 bridgehead atoms. The molecule has 1 saturated carbocycles. The molecule has 0 radical (unpaired) electrons. The van der Waals surface area contributed by atoms with Crippen LogP contribution in [-0.4, -0.2) is 20.7 Å². The second kappa shape index (κ2) is 5.59. The van der Waals surface area contributed by atoms with E-state index in [0.717, 1.165) is 6.42 Å². The van der Waals surface area contributed by atoms with Crippen LogP contribution in [0.4, 0.5) is 11.5 Å².